The number of nitrogens with two attached hydrogens (primary N) is 1. The van der Waals surface area contributed by atoms with Crippen molar-refractivity contribution in [3.05, 3.63) is 15.1 Å². The van der Waals surface area contributed by atoms with Crippen molar-refractivity contribution in [2.24, 2.45) is 5.41 Å². The zero-order chi connectivity index (χ0) is 20.1. The third-order valence-electron chi connectivity index (χ3n) is 4.20. The molecule has 1 aliphatic heterocycles. The van der Waals surface area contributed by atoms with Gasteiger partial charge in [-0.05, 0) is 33.0 Å². The summed E-state index contributed by atoms with van der Waals surface area (Å²) in [5, 5.41) is 19.9. The lowest BCUT2D eigenvalue weighted by molar-refractivity contribution is -0.168. The summed E-state index contributed by atoms with van der Waals surface area (Å²) in [7, 11) is 0. The fourth-order valence-corrected chi connectivity index (χ4v) is 3.06. The number of hydrogen-bond donors (Lipinski definition) is 5. The van der Waals surface area contributed by atoms with Gasteiger partial charge in [-0.15, -0.1) is 0 Å². The molecule has 0 aliphatic carbocycles. The molecule has 0 aromatic carbocycles. The van der Waals surface area contributed by atoms with E-state index in [1.165, 1.54) is 4.57 Å². The van der Waals surface area contributed by atoms with E-state index in [9.17, 15) is 19.8 Å². The molecule has 0 bridgehead atoms. The number of carbonyl (C=O) groups excluding carboxylic acids is 1. The summed E-state index contributed by atoms with van der Waals surface area (Å²) in [4.78, 5) is 33.5. The first-order valence-corrected chi connectivity index (χ1v) is 8.61. The maximum Gasteiger partial charge on any atom is 0.311 e. The molecule has 27 heavy (non-hydrogen) atoms. The van der Waals surface area contributed by atoms with Gasteiger partial charge in [-0.25, -0.2) is 0 Å². The summed E-state index contributed by atoms with van der Waals surface area (Å²) in [5.41, 5.74) is 4.38. The molecule has 0 amide bonds. The minimum Gasteiger partial charge on any atom is -0.454 e. The number of H-pyrrole nitrogens is 2. The second kappa shape index (κ2) is 6.71. The molecule has 2 aromatic rings. The number of aliphatic hydroxyl groups excluding tert-OH is 2. The Morgan fingerprint density at radius 2 is 2.11 bits per heavy atom. The highest BCUT2D eigenvalue weighted by Gasteiger charge is 2.48. The normalized spacial score (nSPS) is 25.8. The van der Waals surface area contributed by atoms with Crippen LogP contribution in [0.3, 0.4) is 0 Å². The van der Waals surface area contributed by atoms with Gasteiger partial charge in [-0.2, -0.15) is 4.98 Å². The van der Waals surface area contributed by atoms with Gasteiger partial charge in [0.25, 0.3) is 5.56 Å². The number of aromatic nitrogens is 4. The molecule has 148 valence electrons. The standard InChI is InChI=1S/C15H21N5O6S/c1-15(2,3)12(24)26-8-7(22)5(4-21)25-11(8)20-9-6(17-14(20)27)10(23)19-13(16)18-9/h5,7-8,11,21-22H,4H2,1-3H3,(H,17,27)(H3,16,18,19,23)/t5-,7-,8-,11-/m1/s1. The van der Waals surface area contributed by atoms with Crippen LogP contribution in [0.2, 0.25) is 0 Å². The molecule has 0 saturated carbocycles. The molecular formula is C15H21N5O6S. The smallest absolute Gasteiger partial charge is 0.311 e. The molecule has 0 spiro atoms. The zero-order valence-electron chi connectivity index (χ0n) is 14.9. The van der Waals surface area contributed by atoms with Crippen molar-refractivity contribution >= 4 is 35.3 Å². The lowest BCUT2D eigenvalue weighted by Gasteiger charge is -2.25. The molecule has 1 saturated heterocycles. The van der Waals surface area contributed by atoms with Crippen LogP contribution < -0.4 is 11.3 Å². The molecule has 6 N–H and O–H groups in total. The predicted octanol–water partition coefficient (Wildman–Crippen LogP) is -0.427. The van der Waals surface area contributed by atoms with Gasteiger partial charge >= 0.3 is 5.97 Å². The van der Waals surface area contributed by atoms with E-state index in [1.807, 2.05) is 0 Å². The van der Waals surface area contributed by atoms with Crippen LogP contribution in [0.5, 0.6) is 0 Å². The third-order valence-corrected chi connectivity index (χ3v) is 4.50. The van der Waals surface area contributed by atoms with Crippen molar-refractivity contribution in [3.63, 3.8) is 0 Å². The number of imidazole rings is 1. The van der Waals surface area contributed by atoms with Crippen LogP contribution in [0.25, 0.3) is 11.2 Å². The van der Waals surface area contributed by atoms with Crippen molar-refractivity contribution in [2.75, 3.05) is 12.3 Å². The number of nitrogens with one attached hydrogen (secondary N) is 2. The van der Waals surface area contributed by atoms with Crippen molar-refractivity contribution in [1.29, 1.82) is 0 Å². The first-order valence-electron chi connectivity index (χ1n) is 8.20. The molecule has 4 atom stereocenters. The van der Waals surface area contributed by atoms with Crippen molar-refractivity contribution in [1.82, 2.24) is 19.5 Å². The van der Waals surface area contributed by atoms with E-state index in [0.29, 0.717) is 0 Å². The van der Waals surface area contributed by atoms with Crippen LogP contribution in [0.1, 0.15) is 27.0 Å². The number of anilines is 1. The summed E-state index contributed by atoms with van der Waals surface area (Å²) >= 11 is 5.26. The van der Waals surface area contributed by atoms with Gasteiger partial charge in [0.1, 0.15) is 12.2 Å². The van der Waals surface area contributed by atoms with Crippen LogP contribution in [0, 0.1) is 10.2 Å². The lowest BCUT2D eigenvalue weighted by atomic mass is 9.97. The Labute approximate surface area is 158 Å². The second-order valence-corrected chi connectivity index (χ2v) is 7.69. The maximum absolute atomic E-state index is 12.3. The molecule has 1 fully saturated rings. The number of aliphatic hydroxyl groups is 2. The lowest BCUT2D eigenvalue weighted by Crippen LogP contribution is -2.39. The maximum atomic E-state index is 12.3. The largest absolute Gasteiger partial charge is 0.454 e. The monoisotopic (exact) mass is 399 g/mol. The molecule has 3 heterocycles. The van der Waals surface area contributed by atoms with Crippen LogP contribution in [-0.4, -0.2) is 60.6 Å². The number of aromatic amines is 2. The molecule has 3 rings (SSSR count). The third kappa shape index (κ3) is 3.36. The van der Waals surface area contributed by atoms with Gasteiger partial charge < -0.3 is 30.4 Å². The van der Waals surface area contributed by atoms with E-state index < -0.39 is 48.1 Å². The first-order chi connectivity index (χ1) is 12.5. The topological polar surface area (TPSA) is 168 Å². The quantitative estimate of drug-likeness (QED) is 0.340. The van der Waals surface area contributed by atoms with Crippen LogP contribution in [0.4, 0.5) is 5.95 Å². The van der Waals surface area contributed by atoms with Gasteiger partial charge in [0, 0.05) is 0 Å². The number of nitrogen functional groups attached to an aromatic ring is 1. The van der Waals surface area contributed by atoms with E-state index >= 15 is 0 Å². The summed E-state index contributed by atoms with van der Waals surface area (Å²) in [5.74, 6) is -0.717. The van der Waals surface area contributed by atoms with Gasteiger partial charge in [0.15, 0.2) is 28.3 Å². The van der Waals surface area contributed by atoms with Gasteiger partial charge in [0.05, 0.1) is 12.0 Å². The molecular weight excluding hydrogens is 378 g/mol. The number of carbonyl (C=O) groups is 1. The highest BCUT2D eigenvalue weighted by atomic mass is 32.1. The summed E-state index contributed by atoms with van der Waals surface area (Å²) < 4.78 is 12.5. The van der Waals surface area contributed by atoms with E-state index in [2.05, 4.69) is 15.0 Å². The molecule has 12 heteroatoms. The Morgan fingerprint density at radius 1 is 1.44 bits per heavy atom. The van der Waals surface area contributed by atoms with E-state index in [-0.39, 0.29) is 21.9 Å². The number of rotatable bonds is 3. The van der Waals surface area contributed by atoms with Gasteiger partial charge in [-0.3, -0.25) is 19.1 Å². The molecule has 1 aliphatic rings. The predicted molar refractivity (Wildman–Crippen MR) is 96.3 cm³/mol. The SMILES string of the molecule is CC(C)(C)C(=O)O[C@@H]1[C@H](O)[C@@H](CO)O[C@H]1n1c(=S)[nH]c2c(=O)[nH]c(N)nc21. The Bertz CT molecular complexity index is 989. The summed E-state index contributed by atoms with van der Waals surface area (Å²) in [6, 6.07) is 0. The Hall–Kier alpha value is -2.28. The molecule has 11 nitrogen and oxygen atoms in total. The summed E-state index contributed by atoms with van der Waals surface area (Å²) in [6.45, 7) is 4.48. The van der Waals surface area contributed by atoms with Gasteiger partial charge in [0.2, 0.25) is 5.95 Å². The van der Waals surface area contributed by atoms with Crippen molar-refractivity contribution in [2.45, 2.75) is 45.3 Å². The molecule has 0 radical (unpaired) electrons. The van der Waals surface area contributed by atoms with Gasteiger partial charge in [-0.1, -0.05) is 0 Å². The highest BCUT2D eigenvalue weighted by Crippen LogP contribution is 2.35. The molecule has 0 unspecified atom stereocenters. The number of esters is 1. The summed E-state index contributed by atoms with van der Waals surface area (Å²) in [6.07, 6.45) is -4.61. The van der Waals surface area contributed by atoms with Crippen molar-refractivity contribution < 1.29 is 24.5 Å². The second-order valence-electron chi connectivity index (χ2n) is 7.31. The van der Waals surface area contributed by atoms with E-state index in [1.54, 1.807) is 20.8 Å². The van der Waals surface area contributed by atoms with Crippen molar-refractivity contribution in [3.8, 4) is 0 Å². The van der Waals surface area contributed by atoms with Crippen LogP contribution in [0.15, 0.2) is 4.79 Å². The Balaban J connectivity index is 2.12. The average molecular weight is 399 g/mol. The van der Waals surface area contributed by atoms with Crippen LogP contribution in [-0.2, 0) is 14.3 Å². The molecule has 2 aromatic heterocycles. The minimum atomic E-state index is -1.31. The fourth-order valence-electron chi connectivity index (χ4n) is 2.77. The van der Waals surface area contributed by atoms with E-state index in [0.717, 1.165) is 0 Å². The number of ether oxygens (including phenoxy) is 2. The average Bonchev–Trinajstić information content (AvgIpc) is 3.04. The Morgan fingerprint density at radius 3 is 2.70 bits per heavy atom. The fraction of sp³-hybridized carbons (Fsp3) is 0.600. The first kappa shape index (κ1) is 19.5. The highest BCUT2D eigenvalue weighted by molar-refractivity contribution is 7.71. The number of nitrogens with zero attached hydrogens (tertiary/aromatic N) is 2. The number of hydrogen-bond acceptors (Lipinski definition) is 9. The Kier molecular flexibility index (Phi) is 4.84. The van der Waals surface area contributed by atoms with Crippen LogP contribution >= 0.6 is 12.2 Å². The minimum absolute atomic E-state index is 0.0561. The van der Waals surface area contributed by atoms with E-state index in [4.69, 9.17) is 27.4 Å². The zero-order valence-corrected chi connectivity index (χ0v) is 15.7. The number of fused-ring (bicyclic) bond motifs is 1.